The Balaban J connectivity index is 0.000000405. The molecule has 0 N–H and O–H groups in total. The number of fused-ring (bicyclic) bond motifs is 1. The van der Waals surface area contributed by atoms with Gasteiger partial charge in [0.15, 0.2) is 0 Å². The summed E-state index contributed by atoms with van der Waals surface area (Å²) >= 11 is 0. The van der Waals surface area contributed by atoms with Crippen molar-refractivity contribution < 1.29 is 0 Å². The normalized spacial score (nSPS) is 11.1. The molecule has 0 spiro atoms. The topological polar surface area (TPSA) is 0 Å². The zero-order valence-corrected chi connectivity index (χ0v) is 4.46. The Morgan fingerprint density at radius 3 is 1.44 bits per heavy atom. The molecule has 9 heavy (non-hydrogen) atoms. The Morgan fingerprint density at radius 2 is 1.22 bits per heavy atom. The predicted molar refractivity (Wildman–Crippen MR) is 42.5 cm³/mol. The van der Waals surface area contributed by atoms with Gasteiger partial charge in [-0.3, -0.25) is 0 Å². The summed E-state index contributed by atoms with van der Waals surface area (Å²) in [4.78, 5) is 0. The Bertz CT molecular complexity index is 213. The zero-order chi connectivity index (χ0) is 5.40. The molecule has 0 nitrogen and oxygen atoms in total. The fourth-order valence-corrected chi connectivity index (χ4v) is 0.898. The fourth-order valence-electron chi connectivity index (χ4n) is 0.898. The van der Waals surface area contributed by atoms with E-state index >= 15 is 0 Å². The van der Waals surface area contributed by atoms with Gasteiger partial charge in [-0.05, 0) is 11.1 Å². The van der Waals surface area contributed by atoms with Gasteiger partial charge >= 0.3 is 18.9 Å². The fraction of sp³-hybridized carbons (Fsp3) is 0. The number of benzene rings is 1. The van der Waals surface area contributed by atoms with Gasteiger partial charge in [-0.15, -0.1) is 0 Å². The molecule has 0 saturated carbocycles. The zero-order valence-electron chi connectivity index (χ0n) is 4.46. The second-order valence-corrected chi connectivity index (χ2v) is 1.96. The maximum absolute atomic E-state index is 2.12. The Kier molecular flexibility index (Phi) is 1.80. The van der Waals surface area contributed by atoms with Gasteiger partial charge in [0.1, 0.15) is 0 Å². The van der Waals surface area contributed by atoms with Crippen LogP contribution in [0.4, 0.5) is 0 Å². The van der Waals surface area contributed by atoms with Crippen LogP contribution in [0.25, 0.3) is 12.2 Å². The molecule has 0 aliphatic heterocycles. The molecule has 0 heterocycles. The second-order valence-electron chi connectivity index (χ2n) is 1.96. The molecule has 0 atom stereocenters. The molecule has 0 bridgehead atoms. The van der Waals surface area contributed by atoms with E-state index in [-0.39, 0.29) is 18.9 Å². The standard InChI is InChI=1S/C8H6.Li.H/c1-2-4-8-6-5-7(8)3-1;;/h1-6H;;. The first-order valence-corrected chi connectivity index (χ1v) is 2.74. The number of rotatable bonds is 0. The van der Waals surface area contributed by atoms with E-state index in [0.717, 1.165) is 0 Å². The molecule has 1 aliphatic carbocycles. The minimum atomic E-state index is 0. The molecule has 2 rings (SSSR count). The van der Waals surface area contributed by atoms with Gasteiger partial charge in [0.2, 0.25) is 0 Å². The van der Waals surface area contributed by atoms with Crippen molar-refractivity contribution in [1.82, 2.24) is 0 Å². The Labute approximate surface area is 66.8 Å². The average Bonchev–Trinajstić information content (AvgIpc) is 1.72. The third-order valence-corrected chi connectivity index (χ3v) is 1.44. The summed E-state index contributed by atoms with van der Waals surface area (Å²) in [5.74, 6) is 0. The summed E-state index contributed by atoms with van der Waals surface area (Å²) in [6.45, 7) is 0. The van der Waals surface area contributed by atoms with Crippen LogP contribution in [0.2, 0.25) is 0 Å². The second kappa shape index (κ2) is 2.43. The van der Waals surface area contributed by atoms with Gasteiger partial charge in [0.25, 0.3) is 0 Å². The van der Waals surface area contributed by atoms with E-state index in [1.54, 1.807) is 0 Å². The first-order chi connectivity index (χ1) is 3.97. The molecule has 1 aromatic carbocycles. The quantitative estimate of drug-likeness (QED) is 0.451. The maximum atomic E-state index is 2.12. The third-order valence-electron chi connectivity index (χ3n) is 1.44. The van der Waals surface area contributed by atoms with Gasteiger partial charge in [0.05, 0.1) is 0 Å². The molecule has 0 fully saturated rings. The number of hydrogen-bond donors (Lipinski definition) is 0. The van der Waals surface area contributed by atoms with Crippen LogP contribution < -0.4 is 0 Å². The van der Waals surface area contributed by atoms with Crippen LogP contribution in [0.15, 0.2) is 24.3 Å². The van der Waals surface area contributed by atoms with E-state index in [2.05, 4.69) is 36.4 Å². The van der Waals surface area contributed by atoms with Gasteiger partial charge < -0.3 is 0 Å². The van der Waals surface area contributed by atoms with Crippen molar-refractivity contribution in [3.05, 3.63) is 35.4 Å². The Morgan fingerprint density at radius 1 is 0.778 bits per heavy atom. The third kappa shape index (κ3) is 0.964. The molecule has 1 aromatic rings. The van der Waals surface area contributed by atoms with Crippen molar-refractivity contribution in [3.8, 4) is 0 Å². The molecule has 40 valence electrons. The van der Waals surface area contributed by atoms with Crippen LogP contribution in [-0.4, -0.2) is 18.9 Å². The molecule has 1 aliphatic rings. The van der Waals surface area contributed by atoms with E-state index in [1.165, 1.54) is 11.1 Å². The molecular weight excluding hydrogens is 103 g/mol. The first-order valence-electron chi connectivity index (χ1n) is 2.74. The van der Waals surface area contributed by atoms with Crippen LogP contribution in [0.5, 0.6) is 0 Å². The summed E-state index contributed by atoms with van der Waals surface area (Å²) in [7, 11) is 0. The molecule has 0 unspecified atom stereocenters. The van der Waals surface area contributed by atoms with Crippen molar-refractivity contribution in [2.24, 2.45) is 0 Å². The monoisotopic (exact) mass is 110 g/mol. The average molecular weight is 110 g/mol. The van der Waals surface area contributed by atoms with Gasteiger partial charge in [-0.25, -0.2) is 0 Å². The minimum absolute atomic E-state index is 0. The van der Waals surface area contributed by atoms with E-state index in [0.29, 0.717) is 0 Å². The summed E-state index contributed by atoms with van der Waals surface area (Å²) in [5.41, 5.74) is 2.74. The van der Waals surface area contributed by atoms with Crippen molar-refractivity contribution in [1.29, 1.82) is 0 Å². The van der Waals surface area contributed by atoms with Crippen LogP contribution in [0, 0.1) is 0 Å². The molecule has 1 heteroatoms. The van der Waals surface area contributed by atoms with Crippen LogP contribution in [0.1, 0.15) is 11.1 Å². The molecular formula is C8H7Li. The van der Waals surface area contributed by atoms with Crippen LogP contribution in [-0.2, 0) is 0 Å². The molecule has 0 amide bonds. The van der Waals surface area contributed by atoms with Crippen molar-refractivity contribution in [3.63, 3.8) is 0 Å². The van der Waals surface area contributed by atoms with E-state index in [4.69, 9.17) is 0 Å². The van der Waals surface area contributed by atoms with E-state index < -0.39 is 0 Å². The van der Waals surface area contributed by atoms with Crippen LogP contribution >= 0.6 is 0 Å². The van der Waals surface area contributed by atoms with Crippen molar-refractivity contribution in [2.45, 2.75) is 0 Å². The first kappa shape index (κ1) is 6.67. The van der Waals surface area contributed by atoms with Gasteiger partial charge in [-0.2, -0.15) is 0 Å². The SMILES string of the molecule is C1=Cc2ccccc21.[LiH]. The van der Waals surface area contributed by atoms with Crippen molar-refractivity contribution >= 4 is 31.0 Å². The van der Waals surface area contributed by atoms with Crippen molar-refractivity contribution in [2.75, 3.05) is 0 Å². The van der Waals surface area contributed by atoms with E-state index in [9.17, 15) is 0 Å². The molecule has 0 aromatic heterocycles. The summed E-state index contributed by atoms with van der Waals surface area (Å²) in [5, 5.41) is 0. The summed E-state index contributed by atoms with van der Waals surface area (Å²) < 4.78 is 0. The Hall–Kier alpha value is -0.443. The summed E-state index contributed by atoms with van der Waals surface area (Å²) in [6, 6.07) is 8.36. The van der Waals surface area contributed by atoms with Gasteiger partial charge in [0, 0.05) is 0 Å². The van der Waals surface area contributed by atoms with E-state index in [1.807, 2.05) is 0 Å². The van der Waals surface area contributed by atoms with Gasteiger partial charge in [-0.1, -0.05) is 36.4 Å². The van der Waals surface area contributed by atoms with Crippen LogP contribution in [0.3, 0.4) is 0 Å². The summed E-state index contributed by atoms with van der Waals surface area (Å²) in [6.07, 6.45) is 4.24. The predicted octanol–water partition coefficient (Wildman–Crippen LogP) is 1.52. The molecule has 0 radical (unpaired) electrons. The molecule has 0 saturated heterocycles. The number of hydrogen-bond acceptors (Lipinski definition) is 0.